The molecular weight excluding hydrogens is 533 g/mol. The number of hydrogen-bond donors (Lipinski definition) is 0. The van der Waals surface area contributed by atoms with Crippen molar-refractivity contribution in [2.24, 2.45) is 7.05 Å². The molecule has 42 heavy (non-hydrogen) atoms. The van der Waals surface area contributed by atoms with Gasteiger partial charge in [0.1, 0.15) is 11.5 Å². The van der Waals surface area contributed by atoms with Gasteiger partial charge >= 0.3 is 5.97 Å². The fraction of sp³-hybridized carbons (Fsp3) is 0.424. The highest BCUT2D eigenvalue weighted by atomic mass is 19.1. The molecule has 0 atom stereocenters. The van der Waals surface area contributed by atoms with Gasteiger partial charge in [-0.3, -0.25) is 4.79 Å². The largest absolute Gasteiger partial charge is 0.490 e. The Kier molecular flexibility index (Phi) is 7.62. The lowest BCUT2D eigenvalue weighted by atomic mass is 9.88. The van der Waals surface area contributed by atoms with Crippen LogP contribution >= 0.6 is 0 Å². The topological polar surface area (TPSA) is 72.7 Å². The standard InChI is InChI=1S/C33H38FN5O3/c1-20-23-8-6-7-15-42-32(23)27(34)17-24(20)31-25(19-30(40)41-5)21(2)36-33-26(31)18-28(38(33)4)22-9-10-35-29(16-22)39-13-11-37(3)12-14-39/h9-10,16-18H,6-8,11-15,19H2,1-5H3. The highest BCUT2D eigenvalue weighted by molar-refractivity contribution is 6.01. The summed E-state index contributed by atoms with van der Waals surface area (Å²) >= 11 is 0. The van der Waals surface area contributed by atoms with Crippen LogP contribution in [0.15, 0.2) is 30.5 Å². The summed E-state index contributed by atoms with van der Waals surface area (Å²) in [5.74, 6) is 0.567. The van der Waals surface area contributed by atoms with Gasteiger partial charge in [0.15, 0.2) is 11.6 Å². The van der Waals surface area contributed by atoms with Gasteiger partial charge in [-0.2, -0.15) is 0 Å². The van der Waals surface area contributed by atoms with Gasteiger partial charge in [0.25, 0.3) is 0 Å². The van der Waals surface area contributed by atoms with Crippen LogP contribution in [-0.4, -0.2) is 72.3 Å². The van der Waals surface area contributed by atoms with Crippen molar-refractivity contribution in [3.05, 3.63) is 58.7 Å². The molecular formula is C33H38FN5O3. The number of halogens is 1. The fourth-order valence-corrected chi connectivity index (χ4v) is 6.36. The predicted molar refractivity (Wildman–Crippen MR) is 163 cm³/mol. The number of likely N-dealkylation sites (N-methyl/N-ethyl adjacent to an activating group) is 1. The fourth-order valence-electron chi connectivity index (χ4n) is 6.36. The highest BCUT2D eigenvalue weighted by Crippen LogP contribution is 2.43. The monoisotopic (exact) mass is 571 g/mol. The first-order valence-electron chi connectivity index (χ1n) is 14.7. The molecule has 0 saturated carbocycles. The molecule has 0 aliphatic carbocycles. The van der Waals surface area contributed by atoms with Crippen molar-refractivity contribution in [2.75, 3.05) is 51.8 Å². The number of carbonyl (C=O) groups excluding carboxylic acids is 1. The summed E-state index contributed by atoms with van der Waals surface area (Å²) in [7, 11) is 5.53. The van der Waals surface area contributed by atoms with Gasteiger partial charge in [-0.25, -0.2) is 14.4 Å². The van der Waals surface area contributed by atoms with Crippen molar-refractivity contribution >= 4 is 22.8 Å². The van der Waals surface area contributed by atoms with E-state index >= 15 is 4.39 Å². The summed E-state index contributed by atoms with van der Waals surface area (Å²) in [6.07, 6.45) is 4.47. The van der Waals surface area contributed by atoms with Crippen LogP contribution in [0.5, 0.6) is 5.75 Å². The average molecular weight is 572 g/mol. The minimum absolute atomic E-state index is 0.0439. The Bertz CT molecular complexity index is 1670. The van der Waals surface area contributed by atoms with Gasteiger partial charge in [0, 0.05) is 61.6 Å². The number of rotatable bonds is 5. The number of esters is 1. The zero-order valence-electron chi connectivity index (χ0n) is 25.1. The summed E-state index contributed by atoms with van der Waals surface area (Å²) in [6.45, 7) is 8.30. The van der Waals surface area contributed by atoms with Crippen molar-refractivity contribution in [1.29, 1.82) is 0 Å². The average Bonchev–Trinajstić information content (AvgIpc) is 3.15. The van der Waals surface area contributed by atoms with Crippen LogP contribution in [-0.2, 0) is 29.4 Å². The van der Waals surface area contributed by atoms with E-state index in [4.69, 9.17) is 14.5 Å². The van der Waals surface area contributed by atoms with Crippen LogP contribution in [0.2, 0.25) is 0 Å². The number of benzene rings is 1. The molecule has 220 valence electrons. The molecule has 6 rings (SSSR count). The Labute approximate surface area is 246 Å². The van der Waals surface area contributed by atoms with E-state index in [-0.39, 0.29) is 18.2 Å². The van der Waals surface area contributed by atoms with Gasteiger partial charge in [0.2, 0.25) is 0 Å². The summed E-state index contributed by atoms with van der Waals surface area (Å²) in [4.78, 5) is 26.9. The molecule has 2 aliphatic rings. The Morgan fingerprint density at radius 1 is 1.10 bits per heavy atom. The maximum atomic E-state index is 15.7. The van der Waals surface area contributed by atoms with Gasteiger partial charge < -0.3 is 23.8 Å². The third-order valence-electron chi connectivity index (χ3n) is 8.86. The molecule has 2 aliphatic heterocycles. The van der Waals surface area contributed by atoms with Crippen LogP contribution in [0.25, 0.3) is 33.4 Å². The van der Waals surface area contributed by atoms with Crippen molar-refractivity contribution in [3.8, 4) is 28.1 Å². The molecule has 9 heteroatoms. The number of methoxy groups -OCH3 is 1. The van der Waals surface area contributed by atoms with Gasteiger partial charge in [-0.05, 0) is 86.7 Å². The maximum Gasteiger partial charge on any atom is 0.310 e. The van der Waals surface area contributed by atoms with Gasteiger partial charge in [-0.1, -0.05) is 0 Å². The van der Waals surface area contributed by atoms with E-state index in [0.717, 1.165) is 107 Å². The normalized spacial score (nSPS) is 15.8. The van der Waals surface area contributed by atoms with Crippen LogP contribution in [0.3, 0.4) is 0 Å². The number of aryl methyl sites for hydroxylation is 2. The molecule has 1 fully saturated rings. The minimum atomic E-state index is -0.374. The Morgan fingerprint density at radius 3 is 2.64 bits per heavy atom. The number of carbonyl (C=O) groups is 1. The predicted octanol–water partition coefficient (Wildman–Crippen LogP) is 5.24. The summed E-state index contributed by atoms with van der Waals surface area (Å²) in [5, 5.41) is 0.868. The molecule has 8 nitrogen and oxygen atoms in total. The number of pyridine rings is 2. The number of nitrogens with zero attached hydrogens (tertiary/aromatic N) is 5. The van der Waals surface area contributed by atoms with Crippen molar-refractivity contribution in [2.45, 2.75) is 39.5 Å². The second-order valence-corrected chi connectivity index (χ2v) is 11.5. The summed E-state index contributed by atoms with van der Waals surface area (Å²) in [5.41, 5.74) is 7.69. The lowest BCUT2D eigenvalue weighted by molar-refractivity contribution is -0.139. The Balaban J connectivity index is 1.56. The Morgan fingerprint density at radius 2 is 1.88 bits per heavy atom. The van der Waals surface area contributed by atoms with Crippen LogP contribution in [0.1, 0.15) is 35.2 Å². The zero-order valence-corrected chi connectivity index (χ0v) is 25.1. The van der Waals surface area contributed by atoms with E-state index in [2.05, 4.69) is 38.5 Å². The number of fused-ring (bicyclic) bond motifs is 2. The summed E-state index contributed by atoms with van der Waals surface area (Å²) in [6, 6.07) is 7.83. The lowest BCUT2D eigenvalue weighted by Crippen LogP contribution is -2.44. The van der Waals surface area contributed by atoms with E-state index in [1.54, 1.807) is 6.07 Å². The molecule has 0 amide bonds. The molecule has 0 N–H and O–H groups in total. The maximum absolute atomic E-state index is 15.7. The molecule has 1 aromatic carbocycles. The quantitative estimate of drug-likeness (QED) is 0.304. The first-order chi connectivity index (χ1) is 20.3. The molecule has 3 aromatic heterocycles. The smallest absolute Gasteiger partial charge is 0.310 e. The minimum Gasteiger partial charge on any atom is -0.490 e. The van der Waals surface area contributed by atoms with Crippen LogP contribution in [0, 0.1) is 19.7 Å². The van der Waals surface area contributed by atoms with Crippen molar-refractivity contribution in [1.82, 2.24) is 19.4 Å². The Hall–Kier alpha value is -3.98. The van der Waals surface area contributed by atoms with Gasteiger partial charge in [-0.15, -0.1) is 0 Å². The number of aromatic nitrogens is 3. The number of ether oxygens (including phenoxy) is 2. The van der Waals surface area contributed by atoms with E-state index < -0.39 is 0 Å². The third kappa shape index (κ3) is 5.00. The molecule has 4 aromatic rings. The molecule has 0 spiro atoms. The van der Waals surface area contributed by atoms with Crippen molar-refractivity contribution < 1.29 is 18.7 Å². The first-order valence-corrected chi connectivity index (χ1v) is 14.7. The second kappa shape index (κ2) is 11.4. The molecule has 0 radical (unpaired) electrons. The number of anilines is 1. The van der Waals surface area contributed by atoms with Crippen LogP contribution < -0.4 is 9.64 Å². The first kappa shape index (κ1) is 28.2. The third-order valence-corrected chi connectivity index (χ3v) is 8.86. The summed E-state index contributed by atoms with van der Waals surface area (Å²) < 4.78 is 28.7. The molecule has 1 saturated heterocycles. The zero-order chi connectivity index (χ0) is 29.5. The van der Waals surface area contributed by atoms with E-state index in [1.807, 2.05) is 33.2 Å². The van der Waals surface area contributed by atoms with E-state index in [1.165, 1.54) is 7.11 Å². The van der Waals surface area contributed by atoms with Gasteiger partial charge in [0.05, 0.1) is 25.8 Å². The molecule has 5 heterocycles. The molecule has 0 bridgehead atoms. The van der Waals surface area contributed by atoms with Crippen molar-refractivity contribution in [3.63, 3.8) is 0 Å². The van der Waals surface area contributed by atoms with E-state index in [9.17, 15) is 4.79 Å². The SMILES string of the molecule is COC(=O)Cc1c(C)nc2c(cc(-c3ccnc(N4CCN(C)CC4)c3)n2C)c1-c1cc(F)c2c(c1C)CCCCO2. The van der Waals surface area contributed by atoms with E-state index in [0.29, 0.717) is 12.4 Å². The number of piperazine rings is 1. The van der Waals surface area contributed by atoms with Crippen LogP contribution in [0.4, 0.5) is 10.2 Å². The number of hydrogen-bond acceptors (Lipinski definition) is 7. The molecule has 0 unspecified atom stereocenters. The highest BCUT2D eigenvalue weighted by Gasteiger charge is 2.26. The lowest BCUT2D eigenvalue weighted by Gasteiger charge is -2.33. The second-order valence-electron chi connectivity index (χ2n) is 11.5.